The van der Waals surface area contributed by atoms with Crippen LogP contribution in [0.3, 0.4) is 0 Å². The maximum absolute atomic E-state index is 12.8. The van der Waals surface area contributed by atoms with Gasteiger partial charge in [0.05, 0.1) is 17.6 Å². The molecule has 1 aliphatic heterocycles. The molecule has 3 rings (SSSR count). The molecule has 0 spiro atoms. The van der Waals surface area contributed by atoms with Gasteiger partial charge in [-0.15, -0.1) is 0 Å². The molecule has 1 amide bonds. The maximum Gasteiger partial charge on any atom is 0.337 e. The topological polar surface area (TPSA) is 96.0 Å². The summed E-state index contributed by atoms with van der Waals surface area (Å²) >= 11 is 0. The van der Waals surface area contributed by atoms with Crippen molar-refractivity contribution < 1.29 is 22.7 Å². The number of sulfonamides is 1. The number of hydrogen-bond acceptors (Lipinski definition) is 6. The molecule has 160 valence electrons. The van der Waals surface area contributed by atoms with Gasteiger partial charge in [-0.2, -0.15) is 0 Å². The van der Waals surface area contributed by atoms with E-state index in [4.69, 9.17) is 0 Å². The van der Waals surface area contributed by atoms with Crippen LogP contribution >= 0.6 is 0 Å². The van der Waals surface area contributed by atoms with Crippen LogP contribution in [0, 0.1) is 6.92 Å². The summed E-state index contributed by atoms with van der Waals surface area (Å²) in [6, 6.07) is 10.7. The van der Waals surface area contributed by atoms with Gasteiger partial charge in [0.2, 0.25) is 0 Å². The third-order valence-electron chi connectivity index (χ3n) is 5.07. The number of anilines is 1. The molecule has 0 unspecified atom stereocenters. The van der Waals surface area contributed by atoms with Crippen molar-refractivity contribution in [2.45, 2.75) is 11.8 Å². The van der Waals surface area contributed by atoms with E-state index in [1.807, 2.05) is 7.05 Å². The Hall–Kier alpha value is -2.91. The van der Waals surface area contributed by atoms with E-state index in [-0.39, 0.29) is 16.4 Å². The Labute approximate surface area is 176 Å². The minimum absolute atomic E-state index is 0.0111. The van der Waals surface area contributed by atoms with Crippen LogP contribution in [-0.4, -0.2) is 70.4 Å². The van der Waals surface area contributed by atoms with Crippen LogP contribution in [0.4, 0.5) is 5.69 Å². The number of aryl methyl sites for hydroxylation is 1. The SMILES string of the molecule is COC(=O)c1ccc(C)c(S(=O)(=O)Nc2ccc(C(=O)N3CCN(C)CC3)cc2)c1. The first-order valence-electron chi connectivity index (χ1n) is 9.51. The Balaban J connectivity index is 1.76. The summed E-state index contributed by atoms with van der Waals surface area (Å²) in [6.07, 6.45) is 0. The van der Waals surface area contributed by atoms with Gasteiger partial charge in [0.15, 0.2) is 0 Å². The van der Waals surface area contributed by atoms with Gasteiger partial charge in [-0.1, -0.05) is 6.07 Å². The van der Waals surface area contributed by atoms with Gasteiger partial charge in [-0.05, 0) is 55.9 Å². The normalized spacial score (nSPS) is 15.0. The average Bonchev–Trinajstić information content (AvgIpc) is 2.73. The maximum atomic E-state index is 12.8. The summed E-state index contributed by atoms with van der Waals surface area (Å²) in [7, 11) is -0.672. The van der Waals surface area contributed by atoms with Crippen molar-refractivity contribution in [3.63, 3.8) is 0 Å². The molecule has 0 saturated carbocycles. The zero-order valence-electron chi connectivity index (χ0n) is 17.2. The molecule has 1 heterocycles. The van der Waals surface area contributed by atoms with E-state index < -0.39 is 16.0 Å². The van der Waals surface area contributed by atoms with E-state index in [0.29, 0.717) is 29.9 Å². The number of nitrogens with one attached hydrogen (secondary N) is 1. The number of methoxy groups -OCH3 is 1. The number of carbonyl (C=O) groups is 2. The number of nitrogens with zero attached hydrogens (tertiary/aromatic N) is 2. The molecule has 9 heteroatoms. The van der Waals surface area contributed by atoms with E-state index >= 15 is 0 Å². The molecule has 2 aromatic rings. The quantitative estimate of drug-likeness (QED) is 0.728. The van der Waals surface area contributed by atoms with Crippen LogP contribution in [-0.2, 0) is 14.8 Å². The van der Waals surface area contributed by atoms with Crippen LogP contribution in [0.25, 0.3) is 0 Å². The second kappa shape index (κ2) is 8.85. The fourth-order valence-corrected chi connectivity index (χ4v) is 4.55. The van der Waals surface area contributed by atoms with Gasteiger partial charge in [0.1, 0.15) is 0 Å². The van der Waals surface area contributed by atoms with Crippen molar-refractivity contribution in [2.75, 3.05) is 45.1 Å². The fourth-order valence-electron chi connectivity index (χ4n) is 3.22. The number of hydrogen-bond donors (Lipinski definition) is 1. The van der Waals surface area contributed by atoms with Crippen LogP contribution < -0.4 is 4.72 Å². The number of piperazine rings is 1. The molecule has 1 aliphatic rings. The van der Waals surface area contributed by atoms with E-state index in [9.17, 15) is 18.0 Å². The summed E-state index contributed by atoms with van der Waals surface area (Å²) in [5.74, 6) is -0.683. The number of carbonyl (C=O) groups excluding carboxylic acids is 2. The molecule has 1 N–H and O–H groups in total. The van der Waals surface area contributed by atoms with Gasteiger partial charge in [0, 0.05) is 37.4 Å². The van der Waals surface area contributed by atoms with Gasteiger partial charge in [-0.25, -0.2) is 13.2 Å². The smallest absolute Gasteiger partial charge is 0.337 e. The minimum Gasteiger partial charge on any atom is -0.465 e. The van der Waals surface area contributed by atoms with Crippen molar-refractivity contribution in [1.29, 1.82) is 0 Å². The largest absolute Gasteiger partial charge is 0.465 e. The number of esters is 1. The monoisotopic (exact) mass is 431 g/mol. The van der Waals surface area contributed by atoms with Crippen molar-refractivity contribution in [3.05, 3.63) is 59.2 Å². The lowest BCUT2D eigenvalue weighted by atomic mass is 10.1. The molecular formula is C21H25N3O5S. The first kappa shape index (κ1) is 21.8. The Bertz CT molecular complexity index is 1040. The molecule has 2 aromatic carbocycles. The molecule has 0 atom stereocenters. The zero-order chi connectivity index (χ0) is 21.9. The third kappa shape index (κ3) is 4.80. The highest BCUT2D eigenvalue weighted by atomic mass is 32.2. The summed E-state index contributed by atoms with van der Waals surface area (Å²) in [5, 5.41) is 0. The predicted octanol–water partition coefficient (Wildman–Crippen LogP) is 1.97. The second-order valence-electron chi connectivity index (χ2n) is 7.25. The summed E-state index contributed by atoms with van der Waals surface area (Å²) in [4.78, 5) is 28.3. The van der Waals surface area contributed by atoms with Crippen LogP contribution in [0.5, 0.6) is 0 Å². The van der Waals surface area contributed by atoms with Crippen molar-refractivity contribution >= 4 is 27.6 Å². The Morgan fingerprint density at radius 3 is 2.17 bits per heavy atom. The Morgan fingerprint density at radius 2 is 1.57 bits per heavy atom. The van der Waals surface area contributed by atoms with Crippen molar-refractivity contribution in [1.82, 2.24) is 9.80 Å². The highest BCUT2D eigenvalue weighted by molar-refractivity contribution is 7.92. The highest BCUT2D eigenvalue weighted by Crippen LogP contribution is 2.22. The lowest BCUT2D eigenvalue weighted by Crippen LogP contribution is -2.47. The summed E-state index contributed by atoms with van der Waals surface area (Å²) < 4.78 is 32.8. The van der Waals surface area contributed by atoms with E-state index in [1.54, 1.807) is 42.2 Å². The number of rotatable bonds is 5. The molecule has 30 heavy (non-hydrogen) atoms. The third-order valence-corrected chi connectivity index (χ3v) is 6.60. The molecule has 1 fully saturated rings. The number of benzene rings is 2. The molecule has 0 aliphatic carbocycles. The van der Waals surface area contributed by atoms with Crippen LogP contribution in [0.15, 0.2) is 47.4 Å². The summed E-state index contributed by atoms with van der Waals surface area (Å²) in [5.41, 5.74) is 1.48. The molecule has 0 aromatic heterocycles. The first-order chi connectivity index (χ1) is 14.2. The van der Waals surface area contributed by atoms with Gasteiger partial charge < -0.3 is 14.5 Å². The molecule has 8 nitrogen and oxygen atoms in total. The Kier molecular flexibility index (Phi) is 6.42. The number of amides is 1. The number of likely N-dealkylation sites (N-methyl/N-ethyl adjacent to an activating group) is 1. The lowest BCUT2D eigenvalue weighted by molar-refractivity contribution is 0.0599. The van der Waals surface area contributed by atoms with Crippen molar-refractivity contribution in [2.24, 2.45) is 0 Å². The van der Waals surface area contributed by atoms with E-state index in [1.165, 1.54) is 19.2 Å². The lowest BCUT2D eigenvalue weighted by Gasteiger charge is -2.32. The van der Waals surface area contributed by atoms with Gasteiger partial charge >= 0.3 is 5.97 Å². The second-order valence-corrected chi connectivity index (χ2v) is 8.90. The Morgan fingerprint density at radius 1 is 0.967 bits per heavy atom. The standard InChI is InChI=1S/C21H25N3O5S/c1-15-4-5-17(21(26)29-3)14-19(15)30(27,28)22-18-8-6-16(7-9-18)20(25)24-12-10-23(2)11-13-24/h4-9,14,22H,10-13H2,1-3H3. The van der Waals surface area contributed by atoms with Gasteiger partial charge in [0.25, 0.3) is 15.9 Å². The molecule has 0 bridgehead atoms. The number of ether oxygens (including phenoxy) is 1. The molecule has 0 radical (unpaired) electrons. The minimum atomic E-state index is -3.93. The van der Waals surface area contributed by atoms with Crippen LogP contribution in [0.1, 0.15) is 26.3 Å². The highest BCUT2D eigenvalue weighted by Gasteiger charge is 2.22. The predicted molar refractivity (Wildman–Crippen MR) is 113 cm³/mol. The van der Waals surface area contributed by atoms with E-state index in [2.05, 4.69) is 14.4 Å². The first-order valence-corrected chi connectivity index (χ1v) is 11.0. The average molecular weight is 432 g/mol. The van der Waals surface area contributed by atoms with Crippen LogP contribution in [0.2, 0.25) is 0 Å². The molecule has 1 saturated heterocycles. The fraction of sp³-hybridized carbons (Fsp3) is 0.333. The zero-order valence-corrected chi connectivity index (χ0v) is 18.0. The summed E-state index contributed by atoms with van der Waals surface area (Å²) in [6.45, 7) is 4.63. The van der Waals surface area contributed by atoms with Crippen molar-refractivity contribution in [3.8, 4) is 0 Å². The van der Waals surface area contributed by atoms with E-state index in [0.717, 1.165) is 13.1 Å². The van der Waals surface area contributed by atoms with Gasteiger partial charge in [-0.3, -0.25) is 9.52 Å². The molecular weight excluding hydrogens is 406 g/mol.